The van der Waals surface area contributed by atoms with E-state index in [0.717, 1.165) is 0 Å². The molecule has 0 fully saturated rings. The standard InChI is InChI=1S/C7H11N3O2/c8-6(7(11)12)2-5-10-4-1-3-9-10/h1,3-4,6H,2,5,8H2,(H,11,12)/t6-/m1/s1. The third kappa shape index (κ3) is 2.35. The third-order valence-corrected chi connectivity index (χ3v) is 1.55. The molecule has 1 aromatic rings. The van der Waals surface area contributed by atoms with Crippen LogP contribution in [0.5, 0.6) is 0 Å². The first-order valence-electron chi connectivity index (χ1n) is 3.66. The number of aromatic nitrogens is 2. The van der Waals surface area contributed by atoms with E-state index in [1.54, 1.807) is 23.1 Å². The van der Waals surface area contributed by atoms with Gasteiger partial charge in [0.05, 0.1) is 0 Å². The van der Waals surface area contributed by atoms with Gasteiger partial charge in [0.1, 0.15) is 6.04 Å². The predicted molar refractivity (Wildman–Crippen MR) is 42.5 cm³/mol. The zero-order chi connectivity index (χ0) is 8.97. The summed E-state index contributed by atoms with van der Waals surface area (Å²) in [5, 5.41) is 12.4. The highest BCUT2D eigenvalue weighted by Gasteiger charge is 2.10. The van der Waals surface area contributed by atoms with E-state index in [4.69, 9.17) is 10.8 Å². The second kappa shape index (κ2) is 3.87. The van der Waals surface area contributed by atoms with Crippen LogP contribution in [-0.4, -0.2) is 26.9 Å². The molecule has 66 valence electrons. The summed E-state index contributed by atoms with van der Waals surface area (Å²) in [7, 11) is 0. The number of rotatable bonds is 4. The van der Waals surface area contributed by atoms with E-state index >= 15 is 0 Å². The minimum Gasteiger partial charge on any atom is -0.480 e. The summed E-state index contributed by atoms with van der Waals surface area (Å²) in [6, 6.07) is 0.987. The number of aryl methyl sites for hydroxylation is 1. The van der Waals surface area contributed by atoms with Crippen molar-refractivity contribution in [3.8, 4) is 0 Å². The Hall–Kier alpha value is -1.36. The fraction of sp³-hybridized carbons (Fsp3) is 0.429. The lowest BCUT2D eigenvalue weighted by Crippen LogP contribution is -2.31. The van der Waals surface area contributed by atoms with E-state index in [1.165, 1.54) is 0 Å². The molecule has 0 radical (unpaired) electrons. The highest BCUT2D eigenvalue weighted by atomic mass is 16.4. The Labute approximate surface area is 69.8 Å². The molecule has 0 saturated heterocycles. The van der Waals surface area contributed by atoms with Crippen molar-refractivity contribution in [2.75, 3.05) is 0 Å². The van der Waals surface area contributed by atoms with E-state index in [-0.39, 0.29) is 0 Å². The van der Waals surface area contributed by atoms with Crippen LogP contribution >= 0.6 is 0 Å². The summed E-state index contributed by atoms with van der Waals surface area (Å²) in [5.41, 5.74) is 5.29. The van der Waals surface area contributed by atoms with E-state index in [2.05, 4.69) is 5.10 Å². The van der Waals surface area contributed by atoms with Gasteiger partial charge >= 0.3 is 5.97 Å². The molecule has 5 nitrogen and oxygen atoms in total. The van der Waals surface area contributed by atoms with Gasteiger partial charge in [-0.1, -0.05) is 0 Å². The summed E-state index contributed by atoms with van der Waals surface area (Å²) in [5.74, 6) is -0.970. The first kappa shape index (κ1) is 8.73. The molecule has 1 heterocycles. The number of nitrogens with two attached hydrogens (primary N) is 1. The quantitative estimate of drug-likeness (QED) is 0.647. The molecule has 0 aliphatic carbocycles. The average Bonchev–Trinajstić information content (AvgIpc) is 2.51. The number of hydrogen-bond donors (Lipinski definition) is 2. The normalized spacial score (nSPS) is 12.8. The minimum absolute atomic E-state index is 0.400. The lowest BCUT2D eigenvalue weighted by molar-refractivity contribution is -0.138. The highest BCUT2D eigenvalue weighted by Crippen LogP contribution is 1.93. The Morgan fingerprint density at radius 3 is 3.00 bits per heavy atom. The van der Waals surface area contributed by atoms with Crippen molar-refractivity contribution in [2.45, 2.75) is 19.0 Å². The molecule has 1 aromatic heterocycles. The average molecular weight is 169 g/mol. The summed E-state index contributed by atoms with van der Waals surface area (Å²) in [6.07, 6.45) is 3.82. The Balaban J connectivity index is 2.31. The van der Waals surface area contributed by atoms with Crippen LogP contribution < -0.4 is 5.73 Å². The molecule has 12 heavy (non-hydrogen) atoms. The molecule has 0 saturated carbocycles. The number of aliphatic carboxylic acids is 1. The summed E-state index contributed by atoms with van der Waals surface area (Å²) in [4.78, 5) is 10.3. The molecule has 0 bridgehead atoms. The zero-order valence-corrected chi connectivity index (χ0v) is 6.55. The third-order valence-electron chi connectivity index (χ3n) is 1.55. The van der Waals surface area contributed by atoms with Gasteiger partial charge in [-0.3, -0.25) is 9.48 Å². The lowest BCUT2D eigenvalue weighted by atomic mass is 10.2. The molecular formula is C7H11N3O2. The molecule has 0 spiro atoms. The van der Waals surface area contributed by atoms with Crippen LogP contribution in [0.25, 0.3) is 0 Å². The predicted octanol–water partition coefficient (Wildman–Crippen LogP) is -0.315. The number of carboxylic acids is 1. The molecular weight excluding hydrogens is 158 g/mol. The topological polar surface area (TPSA) is 81.1 Å². The number of hydrogen-bond acceptors (Lipinski definition) is 3. The molecule has 0 aliphatic heterocycles. The van der Waals surface area contributed by atoms with Crippen LogP contribution in [0.15, 0.2) is 18.5 Å². The zero-order valence-electron chi connectivity index (χ0n) is 6.55. The van der Waals surface area contributed by atoms with E-state index < -0.39 is 12.0 Å². The van der Waals surface area contributed by atoms with Crippen LogP contribution in [0.2, 0.25) is 0 Å². The molecule has 1 rings (SSSR count). The Bertz CT molecular complexity index is 245. The fourth-order valence-corrected chi connectivity index (χ4v) is 0.828. The van der Waals surface area contributed by atoms with E-state index in [0.29, 0.717) is 13.0 Å². The van der Waals surface area contributed by atoms with Gasteiger partial charge in [0.2, 0.25) is 0 Å². The molecule has 0 aromatic carbocycles. The minimum atomic E-state index is -0.970. The van der Waals surface area contributed by atoms with Gasteiger partial charge in [-0.15, -0.1) is 0 Å². The van der Waals surface area contributed by atoms with Crippen LogP contribution in [0.1, 0.15) is 6.42 Å². The maximum atomic E-state index is 10.3. The van der Waals surface area contributed by atoms with Crippen LogP contribution in [0.4, 0.5) is 0 Å². The second-order valence-electron chi connectivity index (χ2n) is 2.50. The van der Waals surface area contributed by atoms with E-state index in [1.807, 2.05) is 0 Å². The van der Waals surface area contributed by atoms with Crippen molar-refractivity contribution >= 4 is 5.97 Å². The smallest absolute Gasteiger partial charge is 0.320 e. The highest BCUT2D eigenvalue weighted by molar-refractivity contribution is 5.72. The van der Waals surface area contributed by atoms with Crippen molar-refractivity contribution < 1.29 is 9.90 Å². The van der Waals surface area contributed by atoms with Gasteiger partial charge in [-0.2, -0.15) is 5.10 Å². The SMILES string of the molecule is N[C@H](CCn1cccn1)C(=O)O. The maximum absolute atomic E-state index is 10.3. The molecule has 0 amide bonds. The van der Waals surface area contributed by atoms with Gasteiger partial charge in [0.25, 0.3) is 0 Å². The monoisotopic (exact) mass is 169 g/mol. The second-order valence-corrected chi connectivity index (χ2v) is 2.50. The fourth-order valence-electron chi connectivity index (χ4n) is 0.828. The van der Waals surface area contributed by atoms with Crippen molar-refractivity contribution in [2.24, 2.45) is 5.73 Å². The summed E-state index contributed by atoms with van der Waals surface area (Å²) in [6.45, 7) is 0.542. The maximum Gasteiger partial charge on any atom is 0.320 e. The first-order chi connectivity index (χ1) is 5.70. The van der Waals surface area contributed by atoms with Crippen LogP contribution in [0, 0.1) is 0 Å². The molecule has 5 heteroatoms. The Morgan fingerprint density at radius 2 is 2.50 bits per heavy atom. The largest absolute Gasteiger partial charge is 0.480 e. The van der Waals surface area contributed by atoms with Gasteiger partial charge in [0.15, 0.2) is 0 Å². The Morgan fingerprint density at radius 1 is 1.75 bits per heavy atom. The number of carbonyl (C=O) groups is 1. The lowest BCUT2D eigenvalue weighted by Gasteiger charge is -2.05. The van der Waals surface area contributed by atoms with Gasteiger partial charge < -0.3 is 10.8 Å². The van der Waals surface area contributed by atoms with Gasteiger partial charge in [-0.05, 0) is 12.5 Å². The molecule has 0 aliphatic rings. The number of carboxylic acid groups (broad SMARTS) is 1. The van der Waals surface area contributed by atoms with Crippen molar-refractivity contribution in [3.05, 3.63) is 18.5 Å². The Kier molecular flexibility index (Phi) is 2.82. The van der Waals surface area contributed by atoms with Crippen LogP contribution in [0.3, 0.4) is 0 Å². The summed E-state index contributed by atoms with van der Waals surface area (Å²) < 4.78 is 1.66. The van der Waals surface area contributed by atoms with Crippen molar-refractivity contribution in [1.82, 2.24) is 9.78 Å². The van der Waals surface area contributed by atoms with E-state index in [9.17, 15) is 4.79 Å². The summed E-state index contributed by atoms with van der Waals surface area (Å²) >= 11 is 0. The number of nitrogens with zero attached hydrogens (tertiary/aromatic N) is 2. The van der Waals surface area contributed by atoms with Crippen LogP contribution in [-0.2, 0) is 11.3 Å². The molecule has 0 unspecified atom stereocenters. The first-order valence-corrected chi connectivity index (χ1v) is 3.66. The van der Waals surface area contributed by atoms with Gasteiger partial charge in [0, 0.05) is 18.9 Å². The van der Waals surface area contributed by atoms with Crippen molar-refractivity contribution in [3.63, 3.8) is 0 Å². The van der Waals surface area contributed by atoms with Gasteiger partial charge in [-0.25, -0.2) is 0 Å². The van der Waals surface area contributed by atoms with Crippen molar-refractivity contribution in [1.29, 1.82) is 0 Å². The molecule has 3 N–H and O–H groups in total. The molecule has 1 atom stereocenters.